The number of anilines is 1. The Morgan fingerprint density at radius 2 is 2.36 bits per heavy atom. The number of carboxylic acid groups (broad SMARTS) is 1. The molecule has 0 aliphatic carbocycles. The fraction of sp³-hybridized carbons (Fsp3) is 0.625. The zero-order valence-electron chi connectivity index (χ0n) is 8.23. The zero-order valence-corrected chi connectivity index (χ0v) is 9.04. The van der Waals surface area contributed by atoms with Crippen LogP contribution < -0.4 is 4.90 Å². The monoisotopic (exact) mass is 215 g/mol. The van der Waals surface area contributed by atoms with Gasteiger partial charge in [0.1, 0.15) is 5.82 Å². The first-order valence-electron chi connectivity index (χ1n) is 4.40. The molecule has 0 atom stereocenters. The van der Waals surface area contributed by atoms with Gasteiger partial charge < -0.3 is 10.0 Å². The van der Waals surface area contributed by atoms with E-state index in [0.29, 0.717) is 6.54 Å². The highest BCUT2D eigenvalue weighted by Crippen LogP contribution is 2.16. The molecule has 0 fully saturated rings. The van der Waals surface area contributed by atoms with Crippen molar-refractivity contribution in [3.8, 4) is 0 Å². The van der Waals surface area contributed by atoms with Crippen LogP contribution in [0.2, 0.25) is 0 Å². The summed E-state index contributed by atoms with van der Waals surface area (Å²) in [7, 11) is 0. The minimum Gasteiger partial charge on any atom is -0.481 e. The molecule has 0 radical (unpaired) electrons. The van der Waals surface area contributed by atoms with Crippen LogP contribution >= 0.6 is 11.5 Å². The maximum Gasteiger partial charge on any atom is 0.305 e. The van der Waals surface area contributed by atoms with Crippen molar-refractivity contribution in [2.45, 2.75) is 20.3 Å². The van der Waals surface area contributed by atoms with Gasteiger partial charge in [-0.2, -0.15) is 4.37 Å². The molecule has 1 rings (SSSR count). The Labute approximate surface area is 86.6 Å². The highest BCUT2D eigenvalue weighted by molar-refractivity contribution is 7.09. The van der Waals surface area contributed by atoms with E-state index in [1.807, 2.05) is 18.7 Å². The summed E-state index contributed by atoms with van der Waals surface area (Å²) in [5.41, 5.74) is 0. The van der Waals surface area contributed by atoms with Gasteiger partial charge in [0.15, 0.2) is 0 Å². The van der Waals surface area contributed by atoms with Gasteiger partial charge in [-0.05, 0) is 13.8 Å². The second kappa shape index (κ2) is 4.90. The highest BCUT2D eigenvalue weighted by Gasteiger charge is 2.10. The Kier molecular flexibility index (Phi) is 3.82. The summed E-state index contributed by atoms with van der Waals surface area (Å²) in [6.07, 6.45) is 0.131. The largest absolute Gasteiger partial charge is 0.481 e. The molecule has 14 heavy (non-hydrogen) atoms. The summed E-state index contributed by atoms with van der Waals surface area (Å²) in [4.78, 5) is 16.5. The lowest BCUT2D eigenvalue weighted by atomic mass is 10.4. The molecular formula is C8H13N3O2S. The van der Waals surface area contributed by atoms with Crippen LogP contribution in [-0.4, -0.2) is 33.5 Å². The minimum absolute atomic E-state index is 0.131. The molecule has 0 saturated heterocycles. The Morgan fingerprint density at radius 3 is 2.79 bits per heavy atom. The maximum absolute atomic E-state index is 10.4. The van der Waals surface area contributed by atoms with Crippen molar-refractivity contribution in [1.29, 1.82) is 0 Å². The number of hydrogen-bond donors (Lipinski definition) is 1. The molecule has 0 unspecified atom stereocenters. The lowest BCUT2D eigenvalue weighted by molar-refractivity contribution is -0.136. The third-order valence-electron chi connectivity index (χ3n) is 1.76. The van der Waals surface area contributed by atoms with E-state index < -0.39 is 5.97 Å². The van der Waals surface area contributed by atoms with Crippen molar-refractivity contribution in [3.05, 3.63) is 5.82 Å². The molecule has 0 spiro atoms. The van der Waals surface area contributed by atoms with Gasteiger partial charge in [-0.25, -0.2) is 4.98 Å². The molecular weight excluding hydrogens is 202 g/mol. The summed E-state index contributed by atoms with van der Waals surface area (Å²) in [6.45, 7) is 5.03. The smallest absolute Gasteiger partial charge is 0.305 e. The SMILES string of the molecule is CCN(CCC(=O)O)c1nc(C)ns1. The van der Waals surface area contributed by atoms with Crippen molar-refractivity contribution in [2.75, 3.05) is 18.0 Å². The third-order valence-corrected chi connectivity index (χ3v) is 2.63. The molecule has 0 amide bonds. The van der Waals surface area contributed by atoms with Crippen LogP contribution in [0.5, 0.6) is 0 Å². The van der Waals surface area contributed by atoms with Crippen LogP contribution in [0.4, 0.5) is 5.13 Å². The first kappa shape index (κ1) is 10.9. The molecule has 0 bridgehead atoms. The van der Waals surface area contributed by atoms with E-state index in [4.69, 9.17) is 5.11 Å². The van der Waals surface area contributed by atoms with Crippen LogP contribution in [0.1, 0.15) is 19.2 Å². The van der Waals surface area contributed by atoms with Crippen LogP contribution in [0, 0.1) is 6.92 Å². The number of aromatic nitrogens is 2. The fourth-order valence-corrected chi connectivity index (χ4v) is 1.80. The molecule has 0 aromatic carbocycles. The first-order valence-corrected chi connectivity index (χ1v) is 5.18. The van der Waals surface area contributed by atoms with Gasteiger partial charge in [0.2, 0.25) is 5.13 Å². The van der Waals surface area contributed by atoms with Gasteiger partial charge in [-0.15, -0.1) is 0 Å². The van der Waals surface area contributed by atoms with E-state index in [1.54, 1.807) is 0 Å². The Balaban J connectivity index is 2.58. The van der Waals surface area contributed by atoms with Crippen molar-refractivity contribution >= 4 is 22.6 Å². The maximum atomic E-state index is 10.4. The van der Waals surface area contributed by atoms with Crippen LogP contribution in [0.25, 0.3) is 0 Å². The van der Waals surface area contributed by atoms with Crippen molar-refractivity contribution in [1.82, 2.24) is 9.36 Å². The Morgan fingerprint density at radius 1 is 1.64 bits per heavy atom. The molecule has 1 heterocycles. The van der Waals surface area contributed by atoms with Crippen molar-refractivity contribution < 1.29 is 9.90 Å². The lowest BCUT2D eigenvalue weighted by Gasteiger charge is -2.17. The topological polar surface area (TPSA) is 66.3 Å². The van der Waals surface area contributed by atoms with E-state index in [-0.39, 0.29) is 6.42 Å². The van der Waals surface area contributed by atoms with Crippen LogP contribution in [-0.2, 0) is 4.79 Å². The minimum atomic E-state index is -0.787. The molecule has 1 N–H and O–H groups in total. The number of nitrogens with zero attached hydrogens (tertiary/aromatic N) is 3. The number of aliphatic carboxylic acids is 1. The van der Waals surface area contributed by atoms with Crippen LogP contribution in [0.15, 0.2) is 0 Å². The van der Waals surface area contributed by atoms with Crippen molar-refractivity contribution in [3.63, 3.8) is 0 Å². The predicted octanol–water partition coefficient (Wildman–Crippen LogP) is 1.15. The highest BCUT2D eigenvalue weighted by atomic mass is 32.1. The molecule has 0 aliphatic heterocycles. The number of carboxylic acids is 1. The van der Waals surface area contributed by atoms with Gasteiger partial charge in [0.25, 0.3) is 0 Å². The molecule has 5 nitrogen and oxygen atoms in total. The van der Waals surface area contributed by atoms with Gasteiger partial charge >= 0.3 is 5.97 Å². The molecule has 6 heteroatoms. The Bertz CT molecular complexity index is 313. The fourth-order valence-electron chi connectivity index (χ4n) is 1.03. The van der Waals surface area contributed by atoms with E-state index in [9.17, 15) is 4.79 Å². The molecule has 0 saturated carbocycles. The summed E-state index contributed by atoms with van der Waals surface area (Å²) < 4.78 is 4.05. The zero-order chi connectivity index (χ0) is 10.6. The van der Waals surface area contributed by atoms with Gasteiger partial charge in [-0.1, -0.05) is 0 Å². The molecule has 1 aromatic rings. The summed E-state index contributed by atoms with van der Waals surface area (Å²) in [5.74, 6) is -0.0523. The molecule has 78 valence electrons. The molecule has 1 aromatic heterocycles. The normalized spacial score (nSPS) is 10.1. The second-order valence-electron chi connectivity index (χ2n) is 2.85. The number of hydrogen-bond acceptors (Lipinski definition) is 5. The lowest BCUT2D eigenvalue weighted by Crippen LogP contribution is -2.25. The quantitative estimate of drug-likeness (QED) is 0.798. The second-order valence-corrected chi connectivity index (χ2v) is 3.58. The van der Waals surface area contributed by atoms with Gasteiger partial charge in [-0.3, -0.25) is 4.79 Å². The number of aryl methyl sites for hydroxylation is 1. The van der Waals surface area contributed by atoms with E-state index in [1.165, 1.54) is 11.5 Å². The van der Waals surface area contributed by atoms with Crippen LogP contribution in [0.3, 0.4) is 0 Å². The average molecular weight is 215 g/mol. The number of carbonyl (C=O) groups is 1. The van der Waals surface area contributed by atoms with Gasteiger partial charge in [0.05, 0.1) is 6.42 Å². The first-order chi connectivity index (χ1) is 6.63. The summed E-state index contributed by atoms with van der Waals surface area (Å²) >= 11 is 1.31. The van der Waals surface area contributed by atoms with Gasteiger partial charge in [0, 0.05) is 24.6 Å². The summed E-state index contributed by atoms with van der Waals surface area (Å²) in [5, 5.41) is 9.35. The van der Waals surface area contributed by atoms with Crippen molar-refractivity contribution in [2.24, 2.45) is 0 Å². The van der Waals surface area contributed by atoms with E-state index >= 15 is 0 Å². The number of rotatable bonds is 5. The Hall–Kier alpha value is -1.17. The third kappa shape index (κ3) is 2.95. The standard InChI is InChI=1S/C8H13N3O2S/c1-3-11(5-4-7(12)13)8-9-6(2)10-14-8/h3-5H2,1-2H3,(H,12,13). The van der Waals surface area contributed by atoms with E-state index in [2.05, 4.69) is 9.36 Å². The molecule has 0 aliphatic rings. The predicted molar refractivity (Wildman–Crippen MR) is 54.8 cm³/mol. The summed E-state index contributed by atoms with van der Waals surface area (Å²) in [6, 6.07) is 0. The van der Waals surface area contributed by atoms with E-state index in [0.717, 1.165) is 17.5 Å². The average Bonchev–Trinajstić information content (AvgIpc) is 2.53.